The molecule has 0 N–H and O–H groups in total. The van der Waals surface area contributed by atoms with Crippen molar-refractivity contribution in [3.8, 4) is 0 Å². The molecule has 0 amide bonds. The van der Waals surface area contributed by atoms with Crippen molar-refractivity contribution in [3.05, 3.63) is 11.6 Å². The van der Waals surface area contributed by atoms with E-state index in [4.69, 9.17) is 0 Å². The fraction of sp³-hybridized carbons (Fsp3) is 0.727. The van der Waals surface area contributed by atoms with Gasteiger partial charge in [-0.3, -0.25) is 4.79 Å². The monoisotopic (exact) mass is 164 g/mol. The van der Waals surface area contributed by atoms with E-state index in [9.17, 15) is 4.79 Å². The minimum atomic E-state index is 0.400. The van der Waals surface area contributed by atoms with Gasteiger partial charge in [-0.05, 0) is 24.2 Å². The van der Waals surface area contributed by atoms with Crippen molar-refractivity contribution in [2.24, 2.45) is 17.3 Å². The molecule has 0 aromatic rings. The Balaban J connectivity index is 2.24. The fourth-order valence-electron chi connectivity index (χ4n) is 2.50. The maximum atomic E-state index is 11.4. The second kappa shape index (κ2) is 2.21. The van der Waals surface area contributed by atoms with Crippen molar-refractivity contribution in [3.63, 3.8) is 0 Å². The van der Waals surface area contributed by atoms with Gasteiger partial charge in [0.15, 0.2) is 0 Å². The summed E-state index contributed by atoms with van der Waals surface area (Å²) in [6, 6.07) is 0. The molecule has 1 saturated carbocycles. The van der Waals surface area contributed by atoms with Crippen molar-refractivity contribution in [1.29, 1.82) is 0 Å². The normalized spacial score (nSPS) is 38.2. The minimum Gasteiger partial charge on any atom is -0.299 e. The Bertz CT molecular complexity index is 260. The number of ketones is 1. The maximum absolute atomic E-state index is 11.4. The lowest BCUT2D eigenvalue weighted by Gasteiger charge is -2.04. The Morgan fingerprint density at radius 3 is 2.83 bits per heavy atom. The largest absolute Gasteiger partial charge is 0.299 e. The first-order valence-corrected chi connectivity index (χ1v) is 4.71. The van der Waals surface area contributed by atoms with Crippen LogP contribution in [0, 0.1) is 17.3 Å². The minimum absolute atomic E-state index is 0.400. The molecule has 0 unspecified atom stereocenters. The number of allylic oxidation sites excluding steroid dienone is 2. The van der Waals surface area contributed by atoms with Gasteiger partial charge in [0.25, 0.3) is 0 Å². The standard InChI is InChI=1S/C11H16O/c1-7-4-8(12)6-10-9(5-7)11(10,2)3/h5,9-10H,4,6H2,1-3H3/t9-,10-/m0/s1. The first-order chi connectivity index (χ1) is 5.51. The summed E-state index contributed by atoms with van der Waals surface area (Å²) in [6.45, 7) is 6.62. The van der Waals surface area contributed by atoms with E-state index in [2.05, 4.69) is 26.8 Å². The van der Waals surface area contributed by atoms with Gasteiger partial charge in [0.2, 0.25) is 0 Å². The van der Waals surface area contributed by atoms with Crippen molar-refractivity contribution in [2.45, 2.75) is 33.6 Å². The number of rotatable bonds is 0. The summed E-state index contributed by atoms with van der Waals surface area (Å²) in [6.07, 6.45) is 3.82. The van der Waals surface area contributed by atoms with Crippen LogP contribution in [0.2, 0.25) is 0 Å². The van der Waals surface area contributed by atoms with E-state index in [1.165, 1.54) is 5.57 Å². The number of hydrogen-bond donors (Lipinski definition) is 0. The lowest BCUT2D eigenvalue weighted by atomic mass is 10.0. The third-order valence-corrected chi connectivity index (χ3v) is 3.53. The van der Waals surface area contributed by atoms with E-state index in [0.717, 1.165) is 6.42 Å². The van der Waals surface area contributed by atoms with E-state index in [0.29, 0.717) is 29.5 Å². The molecule has 0 aromatic heterocycles. The van der Waals surface area contributed by atoms with Gasteiger partial charge in [0.1, 0.15) is 5.78 Å². The lowest BCUT2D eigenvalue weighted by Crippen LogP contribution is -2.02. The zero-order chi connectivity index (χ0) is 8.93. The summed E-state index contributed by atoms with van der Waals surface area (Å²) in [5.74, 6) is 1.76. The molecule has 2 atom stereocenters. The van der Waals surface area contributed by atoms with Gasteiger partial charge < -0.3 is 0 Å². The highest BCUT2D eigenvalue weighted by atomic mass is 16.1. The predicted octanol–water partition coefficient (Wildman–Crippen LogP) is 2.57. The molecule has 0 radical (unpaired) electrons. The number of hydrogen-bond acceptors (Lipinski definition) is 1. The van der Waals surface area contributed by atoms with Crippen molar-refractivity contribution >= 4 is 5.78 Å². The van der Waals surface area contributed by atoms with Crippen LogP contribution in [0.1, 0.15) is 33.6 Å². The molecule has 0 aromatic carbocycles. The van der Waals surface area contributed by atoms with Gasteiger partial charge in [0.05, 0.1) is 0 Å². The number of fused-ring (bicyclic) bond motifs is 1. The predicted molar refractivity (Wildman–Crippen MR) is 48.8 cm³/mol. The molecular weight excluding hydrogens is 148 g/mol. The van der Waals surface area contributed by atoms with Crippen LogP contribution in [0.4, 0.5) is 0 Å². The van der Waals surface area contributed by atoms with Crippen LogP contribution in [0.25, 0.3) is 0 Å². The molecule has 12 heavy (non-hydrogen) atoms. The highest BCUT2D eigenvalue weighted by Crippen LogP contribution is 2.62. The van der Waals surface area contributed by atoms with Crippen molar-refractivity contribution < 1.29 is 4.79 Å². The molecule has 1 heteroatoms. The van der Waals surface area contributed by atoms with Crippen molar-refractivity contribution in [2.75, 3.05) is 0 Å². The Morgan fingerprint density at radius 2 is 2.17 bits per heavy atom. The zero-order valence-electron chi connectivity index (χ0n) is 8.05. The van der Waals surface area contributed by atoms with Gasteiger partial charge in [-0.15, -0.1) is 0 Å². The SMILES string of the molecule is CC1=C[C@H]2[C@H](CC(=O)C1)C2(C)C. The second-order valence-corrected chi connectivity index (χ2v) is 4.89. The molecule has 0 spiro atoms. The molecule has 1 nitrogen and oxygen atoms in total. The van der Waals surface area contributed by atoms with Gasteiger partial charge in [-0.25, -0.2) is 0 Å². The van der Waals surface area contributed by atoms with Crippen LogP contribution in [0.3, 0.4) is 0 Å². The van der Waals surface area contributed by atoms with E-state index < -0.39 is 0 Å². The molecular formula is C11H16O. The highest BCUT2D eigenvalue weighted by molar-refractivity contribution is 5.82. The third-order valence-electron chi connectivity index (χ3n) is 3.53. The van der Waals surface area contributed by atoms with Crippen LogP contribution in [0.5, 0.6) is 0 Å². The number of Topliss-reactive ketones (excluding diaryl/α,β-unsaturated/α-hetero) is 1. The summed E-state index contributed by atoms with van der Waals surface area (Å²) < 4.78 is 0. The first kappa shape index (κ1) is 8.03. The molecule has 2 aliphatic rings. The highest BCUT2D eigenvalue weighted by Gasteiger charge is 2.57. The molecule has 66 valence electrons. The summed E-state index contributed by atoms with van der Waals surface area (Å²) in [5, 5.41) is 0. The fourth-order valence-corrected chi connectivity index (χ4v) is 2.50. The smallest absolute Gasteiger partial charge is 0.137 e. The summed E-state index contributed by atoms with van der Waals surface area (Å²) in [7, 11) is 0. The van der Waals surface area contributed by atoms with Crippen LogP contribution in [-0.4, -0.2) is 5.78 Å². The van der Waals surface area contributed by atoms with Gasteiger partial charge >= 0.3 is 0 Å². The van der Waals surface area contributed by atoms with E-state index in [1.54, 1.807) is 0 Å². The number of carbonyl (C=O) groups is 1. The summed E-state index contributed by atoms with van der Waals surface area (Å²) >= 11 is 0. The Labute approximate surface area is 73.8 Å². The Morgan fingerprint density at radius 1 is 1.50 bits per heavy atom. The van der Waals surface area contributed by atoms with E-state index in [-0.39, 0.29) is 0 Å². The summed E-state index contributed by atoms with van der Waals surface area (Å²) in [4.78, 5) is 11.4. The Hall–Kier alpha value is -0.590. The quantitative estimate of drug-likeness (QED) is 0.503. The second-order valence-electron chi connectivity index (χ2n) is 4.89. The molecule has 0 aliphatic heterocycles. The van der Waals surface area contributed by atoms with E-state index >= 15 is 0 Å². The number of carbonyl (C=O) groups excluding carboxylic acids is 1. The van der Waals surface area contributed by atoms with Crippen LogP contribution >= 0.6 is 0 Å². The van der Waals surface area contributed by atoms with Gasteiger partial charge in [-0.2, -0.15) is 0 Å². The average Bonchev–Trinajstić information content (AvgIpc) is 2.45. The summed E-state index contributed by atoms with van der Waals surface area (Å²) in [5.41, 5.74) is 1.68. The molecule has 1 fully saturated rings. The molecule has 2 rings (SSSR count). The topological polar surface area (TPSA) is 17.1 Å². The van der Waals surface area contributed by atoms with Crippen LogP contribution < -0.4 is 0 Å². The lowest BCUT2D eigenvalue weighted by molar-refractivity contribution is -0.118. The molecule has 0 heterocycles. The van der Waals surface area contributed by atoms with Crippen LogP contribution in [-0.2, 0) is 4.79 Å². The Kier molecular flexibility index (Phi) is 1.48. The molecule has 0 bridgehead atoms. The van der Waals surface area contributed by atoms with Crippen LogP contribution in [0.15, 0.2) is 11.6 Å². The zero-order valence-corrected chi connectivity index (χ0v) is 8.05. The van der Waals surface area contributed by atoms with Gasteiger partial charge in [-0.1, -0.05) is 25.5 Å². The first-order valence-electron chi connectivity index (χ1n) is 4.71. The third kappa shape index (κ3) is 1.03. The maximum Gasteiger partial charge on any atom is 0.137 e. The molecule has 0 saturated heterocycles. The van der Waals surface area contributed by atoms with Gasteiger partial charge in [0, 0.05) is 12.8 Å². The molecule has 2 aliphatic carbocycles. The van der Waals surface area contributed by atoms with E-state index in [1.807, 2.05) is 0 Å². The van der Waals surface area contributed by atoms with Crippen molar-refractivity contribution in [1.82, 2.24) is 0 Å². The average molecular weight is 164 g/mol.